The summed E-state index contributed by atoms with van der Waals surface area (Å²) >= 11 is 3.35. The van der Waals surface area contributed by atoms with Gasteiger partial charge in [-0.15, -0.1) is 0 Å². The maximum atomic E-state index is 4.26. The van der Waals surface area contributed by atoms with E-state index >= 15 is 0 Å². The molecule has 0 aliphatic heterocycles. The van der Waals surface area contributed by atoms with Gasteiger partial charge < -0.3 is 7.43 Å². The van der Waals surface area contributed by atoms with E-state index < -0.39 is 15.8 Å². The van der Waals surface area contributed by atoms with Crippen LogP contribution in [0.25, 0.3) is 10.8 Å². The zero-order valence-corrected chi connectivity index (χ0v) is 32.4. The number of hydrogen-bond acceptors (Lipinski definition) is 0. The molecule has 0 radical (unpaired) electrons. The van der Waals surface area contributed by atoms with Gasteiger partial charge in [0.05, 0.1) is 15.8 Å². The van der Waals surface area contributed by atoms with Crippen LogP contribution in [0.3, 0.4) is 0 Å². The summed E-state index contributed by atoms with van der Waals surface area (Å²) in [6, 6.07) is 81.7. The fourth-order valence-corrected chi connectivity index (χ4v) is 10.9. The number of fused-ring (bicyclic) bond motifs is 1. The Balaban J connectivity index is 0.000000173. The minimum Gasteiger partial charge on any atom is -0.0620 e. The van der Waals surface area contributed by atoms with E-state index in [-0.39, 0.29) is 7.43 Å². The van der Waals surface area contributed by atoms with Crippen LogP contribution in [0.15, 0.2) is 231 Å². The van der Waals surface area contributed by atoms with Crippen molar-refractivity contribution in [3.63, 3.8) is 0 Å². The van der Waals surface area contributed by atoms with Crippen LogP contribution in [0.4, 0.5) is 0 Å². The maximum absolute atomic E-state index is 4.26. The van der Waals surface area contributed by atoms with Crippen LogP contribution in [-0.4, -0.2) is 0 Å². The molecule has 0 N–H and O–H groups in total. The van der Waals surface area contributed by atoms with Crippen LogP contribution in [0, 0.1) is 7.43 Å². The fraction of sp³-hybridized carbons (Fsp3) is 0. The number of hydrogen-bond donors (Lipinski definition) is 0. The van der Waals surface area contributed by atoms with E-state index in [4.69, 9.17) is 0 Å². The summed E-state index contributed by atoms with van der Waals surface area (Å²) in [5, 5.41) is 11.2. The first-order valence-electron chi connectivity index (χ1n) is 16.5. The summed E-state index contributed by atoms with van der Waals surface area (Å²) in [4.78, 5) is 0. The monoisotopic (exact) mass is 762 g/mol. The average Bonchev–Trinajstić information content (AvgIpc) is 3.22. The smallest absolute Gasteiger partial charge is 0.0620 e. The van der Waals surface area contributed by atoms with E-state index in [0.29, 0.717) is 0 Å². The Labute approximate surface area is 319 Å². The third kappa shape index (κ3) is 11.9. The third-order valence-corrected chi connectivity index (χ3v) is 13.5. The van der Waals surface area contributed by atoms with Crippen LogP contribution < -0.4 is 31.8 Å². The molecule has 0 heterocycles. The van der Waals surface area contributed by atoms with Gasteiger partial charge in [-0.05, 0) is 83.6 Å². The Morgan fingerprint density at radius 1 is 0.235 bits per heavy atom. The molecule has 257 valence electrons. The molecule has 8 aromatic rings. The normalized spacial score (nSPS) is 9.98. The Hall–Kier alpha value is -4.34. The molecule has 4 heteroatoms. The molecule has 0 unspecified atom stereocenters. The predicted octanol–water partition coefficient (Wildman–Crippen LogP) is 10.3. The van der Waals surface area contributed by atoms with Crippen molar-refractivity contribution in [3.8, 4) is 0 Å². The SMILES string of the molecule is [CH3-].[Cl][Ni].c1ccc([PH+](c2ccccc2)c2ccccc2)cc1.c1ccc([PH+](c2ccccc2)c2ccccc2)cc1.c1ccc2ccccc2c1. The average molecular weight is 764 g/mol. The van der Waals surface area contributed by atoms with Crippen molar-refractivity contribution < 1.29 is 14.6 Å². The Bertz CT molecular complexity index is 1690. The van der Waals surface area contributed by atoms with Crippen molar-refractivity contribution >= 4 is 68.6 Å². The third-order valence-electron chi connectivity index (χ3n) is 8.03. The van der Waals surface area contributed by atoms with Gasteiger partial charge in [-0.2, -0.15) is 0 Å². The molecule has 0 aliphatic carbocycles. The Morgan fingerprint density at radius 3 is 0.529 bits per heavy atom. The van der Waals surface area contributed by atoms with Crippen molar-refractivity contribution in [2.45, 2.75) is 0 Å². The van der Waals surface area contributed by atoms with Gasteiger partial charge in [0.25, 0.3) is 0 Å². The van der Waals surface area contributed by atoms with Gasteiger partial charge in [0.1, 0.15) is 31.8 Å². The zero-order chi connectivity index (χ0) is 34.6. The fourth-order valence-electron chi connectivity index (χ4n) is 5.76. The molecule has 0 spiro atoms. The number of rotatable bonds is 6. The molecular weight excluding hydrogens is 721 g/mol. The van der Waals surface area contributed by atoms with Gasteiger partial charge in [0.15, 0.2) is 0 Å². The first-order valence-corrected chi connectivity index (χ1v) is 20.8. The second-order valence-corrected chi connectivity index (χ2v) is 16.3. The summed E-state index contributed by atoms with van der Waals surface area (Å²) in [6.45, 7) is 0. The van der Waals surface area contributed by atoms with E-state index in [1.54, 1.807) is 0 Å². The van der Waals surface area contributed by atoms with Crippen LogP contribution >= 0.6 is 26.0 Å². The van der Waals surface area contributed by atoms with E-state index in [9.17, 15) is 0 Å². The molecule has 0 aliphatic rings. The number of halogens is 1. The van der Waals surface area contributed by atoms with Crippen molar-refractivity contribution in [1.29, 1.82) is 0 Å². The van der Waals surface area contributed by atoms with Crippen molar-refractivity contribution in [2.24, 2.45) is 0 Å². The molecule has 0 aromatic heterocycles. The number of benzene rings is 8. The molecule has 8 rings (SSSR count). The van der Waals surface area contributed by atoms with E-state index in [1.807, 2.05) is 0 Å². The summed E-state index contributed by atoms with van der Waals surface area (Å²) in [6.07, 6.45) is 0. The summed E-state index contributed by atoms with van der Waals surface area (Å²) in [5.74, 6) is 0. The largest absolute Gasteiger partial charge is 0.102 e. The maximum Gasteiger partial charge on any atom is 0.102 e. The second kappa shape index (κ2) is 22.5. The van der Waals surface area contributed by atoms with Crippen LogP contribution in [0.2, 0.25) is 0 Å². The molecule has 51 heavy (non-hydrogen) atoms. The zero-order valence-electron chi connectivity index (χ0n) is 28.6. The van der Waals surface area contributed by atoms with Crippen molar-refractivity contribution in [2.75, 3.05) is 0 Å². The van der Waals surface area contributed by atoms with Gasteiger partial charge in [0.2, 0.25) is 0 Å². The van der Waals surface area contributed by atoms with Crippen LogP contribution in [-0.2, 0) is 14.6 Å². The molecule has 0 saturated heterocycles. The van der Waals surface area contributed by atoms with Gasteiger partial charge in [-0.1, -0.05) is 158 Å². The molecular formula is C47H43ClNiP2+. The Kier molecular flexibility index (Phi) is 17.4. The summed E-state index contributed by atoms with van der Waals surface area (Å²) in [7, 11) is 2.51. The van der Waals surface area contributed by atoms with Gasteiger partial charge in [0, 0.05) is 0 Å². The Morgan fingerprint density at radius 2 is 0.373 bits per heavy atom. The molecule has 8 aromatic carbocycles. The van der Waals surface area contributed by atoms with Crippen molar-refractivity contribution in [1.82, 2.24) is 0 Å². The van der Waals surface area contributed by atoms with Gasteiger partial charge >= 0.3 is 24.8 Å². The van der Waals surface area contributed by atoms with E-state index in [2.05, 4.69) is 255 Å². The molecule has 0 saturated carbocycles. The van der Waals surface area contributed by atoms with Crippen LogP contribution in [0.5, 0.6) is 0 Å². The first-order chi connectivity index (χ1) is 24.9. The minimum absolute atomic E-state index is 0. The van der Waals surface area contributed by atoms with Gasteiger partial charge in [-0.3, -0.25) is 0 Å². The summed E-state index contributed by atoms with van der Waals surface area (Å²) in [5.41, 5.74) is 0. The molecule has 0 fully saturated rings. The van der Waals surface area contributed by atoms with Crippen LogP contribution in [0.1, 0.15) is 0 Å². The second-order valence-electron chi connectivity index (χ2n) is 11.3. The molecule has 0 amide bonds. The minimum atomic E-state index is -0.877. The standard InChI is InChI=1S/2C18H15P.C10H8.CH3.ClH.Ni/c2*1-4-10-16(11-5-1)19(17-12-6-2-7-13-17)18-14-8-3-9-15-18;1-2-6-10-8-4-3-7-9(10)5-1;;;/h2*1-15H;1-8H;1H3;1H;/q;;;-1;;+1/p+1. The molecule has 0 nitrogen and oxygen atoms in total. The van der Waals surface area contributed by atoms with Crippen molar-refractivity contribution in [3.05, 3.63) is 238 Å². The van der Waals surface area contributed by atoms with E-state index in [1.165, 1.54) is 42.6 Å². The topological polar surface area (TPSA) is 0 Å². The van der Waals surface area contributed by atoms with E-state index in [0.717, 1.165) is 0 Å². The molecule has 0 atom stereocenters. The predicted molar refractivity (Wildman–Crippen MR) is 229 cm³/mol. The first kappa shape index (κ1) is 39.4. The van der Waals surface area contributed by atoms with Gasteiger partial charge in [-0.25, -0.2) is 0 Å². The quantitative estimate of drug-likeness (QED) is 0.0899. The molecule has 0 bridgehead atoms. The summed E-state index contributed by atoms with van der Waals surface area (Å²) < 4.78 is 0.